The molecule has 26 heavy (non-hydrogen) atoms. The molecule has 1 N–H and O–H groups in total. The maximum absolute atomic E-state index is 12.1. The van der Waals surface area contributed by atoms with Crippen LogP contribution in [0.1, 0.15) is 19.4 Å². The first-order chi connectivity index (χ1) is 12.4. The van der Waals surface area contributed by atoms with Gasteiger partial charge in [-0.25, -0.2) is 4.79 Å². The minimum Gasteiger partial charge on any atom is -0.372 e. The lowest BCUT2D eigenvalue weighted by Crippen LogP contribution is -2.37. The Bertz CT molecular complexity index is 919. The summed E-state index contributed by atoms with van der Waals surface area (Å²) in [4.78, 5) is 38.0. The highest BCUT2D eigenvalue weighted by Gasteiger charge is 2.06. The third-order valence-corrected chi connectivity index (χ3v) is 4.15. The lowest BCUT2D eigenvalue weighted by atomic mass is 10.2. The molecule has 0 atom stereocenters. The summed E-state index contributed by atoms with van der Waals surface area (Å²) in [6.45, 7) is 6.01. The highest BCUT2D eigenvalue weighted by Crippen LogP contribution is 2.17. The van der Waals surface area contributed by atoms with Crippen LogP contribution in [0.4, 0.5) is 11.4 Å². The van der Waals surface area contributed by atoms with Gasteiger partial charge in [-0.15, -0.1) is 0 Å². The Hall–Kier alpha value is -3.09. The molecule has 1 amide bonds. The number of carbonyl (C=O) groups excluding carboxylic acids is 1. The van der Waals surface area contributed by atoms with Crippen molar-refractivity contribution in [2.45, 2.75) is 13.8 Å². The molecule has 2 aromatic rings. The molecule has 0 bridgehead atoms. The lowest BCUT2D eigenvalue weighted by molar-refractivity contribution is -0.111. The fraction of sp³-hybridized carbons (Fsp3) is 0.316. The van der Waals surface area contributed by atoms with Gasteiger partial charge in [-0.1, -0.05) is 0 Å². The number of aromatic nitrogens is 2. The number of hydrogen-bond acceptors (Lipinski definition) is 4. The van der Waals surface area contributed by atoms with E-state index >= 15 is 0 Å². The Labute approximate surface area is 152 Å². The van der Waals surface area contributed by atoms with Gasteiger partial charge >= 0.3 is 5.69 Å². The minimum absolute atomic E-state index is 0.265. The molecule has 0 saturated heterocycles. The van der Waals surface area contributed by atoms with Gasteiger partial charge in [0.1, 0.15) is 0 Å². The monoisotopic (exact) mass is 356 g/mol. The van der Waals surface area contributed by atoms with Gasteiger partial charge < -0.3 is 14.8 Å². The van der Waals surface area contributed by atoms with Gasteiger partial charge in [-0.2, -0.15) is 0 Å². The summed E-state index contributed by atoms with van der Waals surface area (Å²) in [6.07, 6.45) is 4.09. The van der Waals surface area contributed by atoms with Crippen LogP contribution >= 0.6 is 0 Å². The zero-order valence-electron chi connectivity index (χ0n) is 15.5. The van der Waals surface area contributed by atoms with Gasteiger partial charge in [-0.05, 0) is 44.2 Å². The van der Waals surface area contributed by atoms with Crippen molar-refractivity contribution in [1.29, 1.82) is 0 Å². The molecule has 1 heterocycles. The molecule has 0 saturated carbocycles. The number of carbonyl (C=O) groups is 1. The molecule has 138 valence electrons. The smallest absolute Gasteiger partial charge is 0.330 e. The van der Waals surface area contributed by atoms with Gasteiger partial charge in [0.2, 0.25) is 5.91 Å². The van der Waals surface area contributed by atoms with Crippen LogP contribution < -0.4 is 21.5 Å². The van der Waals surface area contributed by atoms with Gasteiger partial charge in [-0.3, -0.25) is 14.2 Å². The van der Waals surface area contributed by atoms with Gasteiger partial charge in [0, 0.05) is 50.8 Å². The van der Waals surface area contributed by atoms with Crippen molar-refractivity contribution in [1.82, 2.24) is 9.13 Å². The van der Waals surface area contributed by atoms with Crippen LogP contribution in [-0.4, -0.2) is 28.1 Å². The van der Waals surface area contributed by atoms with Crippen LogP contribution in [0, 0.1) is 0 Å². The SMILES string of the molecule is CCN(CC)c1ccc(NC(=O)/C=C/c2cn(C)c(=O)n(C)c2=O)cc1. The van der Waals surface area contributed by atoms with Crippen molar-refractivity contribution in [3.8, 4) is 0 Å². The van der Waals surface area contributed by atoms with Crippen molar-refractivity contribution >= 4 is 23.4 Å². The van der Waals surface area contributed by atoms with E-state index < -0.39 is 11.2 Å². The Balaban J connectivity index is 2.11. The van der Waals surface area contributed by atoms with Crippen LogP contribution in [0.3, 0.4) is 0 Å². The zero-order chi connectivity index (χ0) is 19.3. The maximum atomic E-state index is 12.1. The molecule has 0 spiro atoms. The molecule has 0 aliphatic carbocycles. The number of nitrogens with one attached hydrogen (secondary N) is 1. The van der Waals surface area contributed by atoms with Crippen LogP contribution in [-0.2, 0) is 18.9 Å². The van der Waals surface area contributed by atoms with Crippen LogP contribution in [0.2, 0.25) is 0 Å². The van der Waals surface area contributed by atoms with Gasteiger partial charge in [0.25, 0.3) is 5.56 Å². The summed E-state index contributed by atoms with van der Waals surface area (Å²) >= 11 is 0. The van der Waals surface area contributed by atoms with Crippen molar-refractivity contribution in [3.63, 3.8) is 0 Å². The van der Waals surface area contributed by atoms with Crippen molar-refractivity contribution in [2.75, 3.05) is 23.3 Å². The van der Waals surface area contributed by atoms with E-state index in [1.54, 1.807) is 7.05 Å². The van der Waals surface area contributed by atoms with E-state index in [0.717, 1.165) is 23.3 Å². The summed E-state index contributed by atoms with van der Waals surface area (Å²) in [7, 11) is 2.95. The zero-order valence-corrected chi connectivity index (χ0v) is 15.5. The summed E-state index contributed by atoms with van der Waals surface area (Å²) in [5.74, 6) is -0.350. The summed E-state index contributed by atoms with van der Waals surface area (Å²) in [6, 6.07) is 7.58. The summed E-state index contributed by atoms with van der Waals surface area (Å²) in [5, 5.41) is 2.75. The molecular weight excluding hydrogens is 332 g/mol. The number of nitrogens with zero attached hydrogens (tertiary/aromatic N) is 3. The van der Waals surface area contributed by atoms with E-state index in [1.807, 2.05) is 24.3 Å². The lowest BCUT2D eigenvalue weighted by Gasteiger charge is -2.21. The Morgan fingerprint density at radius 3 is 2.31 bits per heavy atom. The Kier molecular flexibility index (Phi) is 6.16. The van der Waals surface area contributed by atoms with Crippen molar-refractivity contribution in [3.05, 3.63) is 62.9 Å². The Morgan fingerprint density at radius 2 is 1.73 bits per heavy atom. The second kappa shape index (κ2) is 8.33. The molecule has 0 unspecified atom stereocenters. The number of rotatable bonds is 6. The van der Waals surface area contributed by atoms with Gasteiger partial charge in [0.05, 0.1) is 5.56 Å². The maximum Gasteiger partial charge on any atom is 0.330 e. The van der Waals surface area contributed by atoms with Crippen molar-refractivity contribution in [2.24, 2.45) is 14.1 Å². The number of aryl methyl sites for hydroxylation is 1. The first-order valence-corrected chi connectivity index (χ1v) is 8.48. The topological polar surface area (TPSA) is 76.3 Å². The summed E-state index contributed by atoms with van der Waals surface area (Å²) < 4.78 is 2.30. The molecule has 0 aliphatic rings. The standard InChI is InChI=1S/C19H24N4O3/c1-5-23(6-2)16-10-8-15(9-11-16)20-17(24)12-7-14-13-21(3)19(26)22(4)18(14)25/h7-13H,5-6H2,1-4H3,(H,20,24)/b12-7+. The number of amides is 1. The fourth-order valence-electron chi connectivity index (χ4n) is 2.64. The average Bonchev–Trinajstić information content (AvgIpc) is 2.64. The molecule has 2 rings (SSSR count). The number of hydrogen-bond donors (Lipinski definition) is 1. The predicted octanol–water partition coefficient (Wildman–Crippen LogP) is 1.58. The third kappa shape index (κ3) is 4.30. The molecule has 1 aromatic heterocycles. The first kappa shape index (κ1) is 19.2. The second-order valence-corrected chi connectivity index (χ2v) is 5.88. The largest absolute Gasteiger partial charge is 0.372 e. The van der Waals surface area contributed by atoms with Gasteiger partial charge in [0.15, 0.2) is 0 Å². The van der Waals surface area contributed by atoms with E-state index in [0.29, 0.717) is 5.69 Å². The molecule has 7 nitrogen and oxygen atoms in total. The number of anilines is 2. The van der Waals surface area contributed by atoms with E-state index in [1.165, 1.54) is 30.0 Å². The van der Waals surface area contributed by atoms with Crippen LogP contribution in [0.25, 0.3) is 6.08 Å². The van der Waals surface area contributed by atoms with Crippen LogP contribution in [0.5, 0.6) is 0 Å². The van der Waals surface area contributed by atoms with E-state index in [2.05, 4.69) is 24.1 Å². The van der Waals surface area contributed by atoms with Crippen LogP contribution in [0.15, 0.2) is 46.1 Å². The summed E-state index contributed by atoms with van der Waals surface area (Å²) in [5.41, 5.74) is 1.17. The molecule has 0 fully saturated rings. The third-order valence-electron chi connectivity index (χ3n) is 4.15. The molecule has 1 aromatic carbocycles. The van der Waals surface area contributed by atoms with E-state index in [9.17, 15) is 14.4 Å². The predicted molar refractivity (Wildman–Crippen MR) is 105 cm³/mol. The highest BCUT2D eigenvalue weighted by atomic mass is 16.2. The molecule has 7 heteroatoms. The fourth-order valence-corrected chi connectivity index (χ4v) is 2.64. The molecule has 0 radical (unpaired) electrons. The van der Waals surface area contributed by atoms with E-state index in [4.69, 9.17) is 0 Å². The number of benzene rings is 1. The second-order valence-electron chi connectivity index (χ2n) is 5.88. The quantitative estimate of drug-likeness (QED) is 0.798. The molecule has 0 aliphatic heterocycles. The highest BCUT2D eigenvalue weighted by molar-refractivity contribution is 6.01. The Morgan fingerprint density at radius 1 is 1.12 bits per heavy atom. The normalized spacial score (nSPS) is 10.9. The van der Waals surface area contributed by atoms with E-state index in [-0.39, 0.29) is 11.5 Å². The van der Waals surface area contributed by atoms with Crippen molar-refractivity contribution < 1.29 is 4.79 Å². The first-order valence-electron chi connectivity index (χ1n) is 8.48. The average molecular weight is 356 g/mol. The minimum atomic E-state index is -0.444. The molecular formula is C19H24N4O3.